The lowest BCUT2D eigenvalue weighted by Gasteiger charge is -2.39. The van der Waals surface area contributed by atoms with E-state index in [0.29, 0.717) is 18.6 Å². The van der Waals surface area contributed by atoms with Gasteiger partial charge < -0.3 is 9.72 Å². The number of H-pyrrole nitrogens is 1. The summed E-state index contributed by atoms with van der Waals surface area (Å²) in [4.78, 5) is 18.8. The number of benzene rings is 1. The molecule has 0 bridgehead atoms. The van der Waals surface area contributed by atoms with Crippen LogP contribution in [0.2, 0.25) is 0 Å². The van der Waals surface area contributed by atoms with Gasteiger partial charge in [-0.25, -0.2) is 4.68 Å². The third kappa shape index (κ3) is 5.13. The second-order valence-electron chi connectivity index (χ2n) is 10.2. The number of pyridine rings is 1. The van der Waals surface area contributed by atoms with Crippen molar-refractivity contribution in [3.63, 3.8) is 0 Å². The Kier molecular flexibility index (Phi) is 7.46. The van der Waals surface area contributed by atoms with Gasteiger partial charge >= 0.3 is 0 Å². The van der Waals surface area contributed by atoms with E-state index >= 15 is 0 Å². The molecule has 1 atom stereocenters. The van der Waals surface area contributed by atoms with Crippen LogP contribution in [0.15, 0.2) is 29.1 Å². The molecule has 0 amide bonds. The molecule has 8 heteroatoms. The molecule has 0 radical (unpaired) electrons. The van der Waals surface area contributed by atoms with Gasteiger partial charge in [0.1, 0.15) is 5.75 Å². The molecule has 2 fully saturated rings. The van der Waals surface area contributed by atoms with Crippen molar-refractivity contribution in [2.75, 3.05) is 7.11 Å². The summed E-state index contributed by atoms with van der Waals surface area (Å²) >= 11 is 0. The van der Waals surface area contributed by atoms with Crippen LogP contribution in [0.1, 0.15) is 101 Å². The van der Waals surface area contributed by atoms with Gasteiger partial charge in [-0.1, -0.05) is 45.4 Å². The zero-order valence-corrected chi connectivity index (χ0v) is 21.1. The van der Waals surface area contributed by atoms with E-state index in [1.165, 1.54) is 38.5 Å². The molecule has 2 heterocycles. The van der Waals surface area contributed by atoms with Crippen molar-refractivity contribution < 1.29 is 4.74 Å². The zero-order chi connectivity index (χ0) is 24.2. The van der Waals surface area contributed by atoms with Gasteiger partial charge in [0.25, 0.3) is 5.56 Å². The summed E-state index contributed by atoms with van der Waals surface area (Å²) in [6.45, 7) is 2.80. The zero-order valence-electron chi connectivity index (χ0n) is 21.1. The number of tetrazole rings is 1. The van der Waals surface area contributed by atoms with E-state index in [-0.39, 0.29) is 11.6 Å². The number of aromatic amines is 1. The molecule has 1 N–H and O–H groups in total. The molecule has 3 aromatic rings. The van der Waals surface area contributed by atoms with Gasteiger partial charge in [-0.3, -0.25) is 9.69 Å². The molecule has 188 valence electrons. The lowest BCUT2D eigenvalue weighted by atomic mass is 9.91. The summed E-state index contributed by atoms with van der Waals surface area (Å²) in [5.74, 6) is 1.75. The number of hydrogen-bond donors (Lipinski definition) is 1. The van der Waals surface area contributed by atoms with Crippen molar-refractivity contribution in [1.29, 1.82) is 0 Å². The summed E-state index contributed by atoms with van der Waals surface area (Å²) in [6, 6.07) is 8.69. The molecule has 2 saturated carbocycles. The lowest BCUT2D eigenvalue weighted by Crippen LogP contribution is -2.41. The van der Waals surface area contributed by atoms with Crippen molar-refractivity contribution in [2.24, 2.45) is 0 Å². The molecule has 2 aliphatic rings. The van der Waals surface area contributed by atoms with Crippen molar-refractivity contribution in [1.82, 2.24) is 30.1 Å². The SMILES string of the molecule is CC[C@H](c1nnnn1C1CCCCC1)N(Cc1cc2cc(OC)ccc2[nH]c1=O)C1CCCCC1. The van der Waals surface area contributed by atoms with E-state index in [1.807, 2.05) is 24.3 Å². The Bertz CT molecular complexity index is 1180. The first-order valence-corrected chi connectivity index (χ1v) is 13.4. The maximum absolute atomic E-state index is 13.2. The van der Waals surface area contributed by atoms with Crippen molar-refractivity contribution in [3.05, 3.63) is 46.0 Å². The van der Waals surface area contributed by atoms with Crippen molar-refractivity contribution >= 4 is 10.9 Å². The largest absolute Gasteiger partial charge is 0.497 e. The average molecular weight is 479 g/mol. The van der Waals surface area contributed by atoms with Crippen LogP contribution in [-0.2, 0) is 6.54 Å². The van der Waals surface area contributed by atoms with Crippen LogP contribution >= 0.6 is 0 Å². The van der Waals surface area contributed by atoms with Crippen LogP contribution in [0.3, 0.4) is 0 Å². The Morgan fingerprint density at radius 1 is 1.09 bits per heavy atom. The van der Waals surface area contributed by atoms with Gasteiger partial charge in [0.15, 0.2) is 5.82 Å². The van der Waals surface area contributed by atoms with Gasteiger partial charge in [0.2, 0.25) is 0 Å². The van der Waals surface area contributed by atoms with E-state index in [4.69, 9.17) is 4.74 Å². The fraction of sp³-hybridized carbons (Fsp3) is 0.630. The molecular formula is C27H38N6O2. The molecule has 0 saturated heterocycles. The van der Waals surface area contributed by atoms with Crippen LogP contribution in [0.4, 0.5) is 0 Å². The molecular weight excluding hydrogens is 440 g/mol. The van der Waals surface area contributed by atoms with Gasteiger partial charge in [0, 0.05) is 29.1 Å². The predicted molar refractivity (Wildman–Crippen MR) is 137 cm³/mol. The van der Waals surface area contributed by atoms with E-state index in [2.05, 4.69) is 37.0 Å². The minimum atomic E-state index is -0.0230. The Hall–Kier alpha value is -2.74. The number of nitrogens with zero attached hydrogens (tertiary/aromatic N) is 5. The van der Waals surface area contributed by atoms with Gasteiger partial charge in [0.05, 0.1) is 19.2 Å². The predicted octanol–water partition coefficient (Wildman–Crippen LogP) is 5.31. The number of ether oxygens (including phenoxy) is 1. The van der Waals surface area contributed by atoms with E-state index in [0.717, 1.165) is 60.1 Å². The summed E-state index contributed by atoms with van der Waals surface area (Å²) < 4.78 is 7.53. The standard InChI is InChI=1S/C27H38N6O2/c1-3-25(26-29-30-31-33(26)22-12-8-5-9-13-22)32(21-10-6-4-7-11-21)18-20-16-19-17-23(35-2)14-15-24(19)28-27(20)34/h14-17,21-22,25H,3-13,18H2,1-2H3,(H,28,34)/t25-/m1/s1. The first kappa shape index (κ1) is 24.0. The molecule has 1 aromatic carbocycles. The van der Waals surface area contributed by atoms with E-state index in [9.17, 15) is 4.79 Å². The minimum Gasteiger partial charge on any atom is -0.497 e. The Balaban J connectivity index is 1.51. The van der Waals surface area contributed by atoms with E-state index < -0.39 is 0 Å². The third-order valence-corrected chi connectivity index (χ3v) is 8.05. The maximum Gasteiger partial charge on any atom is 0.252 e. The summed E-state index contributed by atoms with van der Waals surface area (Å²) in [5.41, 5.74) is 1.59. The number of fused-ring (bicyclic) bond motifs is 1. The fourth-order valence-electron chi connectivity index (χ4n) is 6.15. The van der Waals surface area contributed by atoms with Gasteiger partial charge in [-0.2, -0.15) is 0 Å². The summed E-state index contributed by atoms with van der Waals surface area (Å²) in [6.07, 6.45) is 13.0. The second-order valence-corrected chi connectivity index (χ2v) is 10.2. The molecule has 2 aliphatic carbocycles. The maximum atomic E-state index is 13.2. The van der Waals surface area contributed by atoms with Crippen LogP contribution < -0.4 is 10.3 Å². The average Bonchev–Trinajstić information content (AvgIpc) is 3.39. The molecule has 0 spiro atoms. The van der Waals surface area contributed by atoms with Crippen LogP contribution in [0, 0.1) is 0 Å². The molecule has 35 heavy (non-hydrogen) atoms. The Morgan fingerprint density at radius 2 is 1.83 bits per heavy atom. The van der Waals surface area contributed by atoms with Crippen LogP contribution in [-0.4, -0.2) is 43.2 Å². The topological polar surface area (TPSA) is 88.9 Å². The smallest absolute Gasteiger partial charge is 0.252 e. The number of methoxy groups -OCH3 is 1. The number of hydrogen-bond acceptors (Lipinski definition) is 6. The number of aromatic nitrogens is 5. The summed E-state index contributed by atoms with van der Waals surface area (Å²) in [5, 5.41) is 14.2. The second kappa shape index (κ2) is 10.9. The van der Waals surface area contributed by atoms with Crippen LogP contribution in [0.5, 0.6) is 5.75 Å². The van der Waals surface area contributed by atoms with E-state index in [1.54, 1.807) is 7.11 Å². The van der Waals surface area contributed by atoms with Crippen LogP contribution in [0.25, 0.3) is 10.9 Å². The van der Waals surface area contributed by atoms with Gasteiger partial charge in [-0.15, -0.1) is 5.10 Å². The molecule has 0 unspecified atom stereocenters. The number of rotatable bonds is 8. The summed E-state index contributed by atoms with van der Waals surface area (Å²) in [7, 11) is 1.67. The highest BCUT2D eigenvalue weighted by Gasteiger charge is 2.33. The first-order chi connectivity index (χ1) is 17.2. The Labute approximate surface area is 207 Å². The highest BCUT2D eigenvalue weighted by molar-refractivity contribution is 5.80. The lowest BCUT2D eigenvalue weighted by molar-refractivity contribution is 0.0821. The number of nitrogens with one attached hydrogen (secondary N) is 1. The highest BCUT2D eigenvalue weighted by Crippen LogP contribution is 2.35. The monoisotopic (exact) mass is 478 g/mol. The minimum absolute atomic E-state index is 0.0230. The molecule has 5 rings (SSSR count). The van der Waals surface area contributed by atoms with Gasteiger partial charge in [-0.05, 0) is 66.8 Å². The normalized spacial score (nSPS) is 18.8. The molecule has 8 nitrogen and oxygen atoms in total. The fourth-order valence-corrected chi connectivity index (χ4v) is 6.15. The quantitative estimate of drug-likeness (QED) is 0.472. The van der Waals surface area contributed by atoms with Crippen molar-refractivity contribution in [3.8, 4) is 5.75 Å². The molecule has 2 aromatic heterocycles. The third-order valence-electron chi connectivity index (χ3n) is 8.05. The molecule has 0 aliphatic heterocycles. The first-order valence-electron chi connectivity index (χ1n) is 13.4. The highest BCUT2D eigenvalue weighted by atomic mass is 16.5. The van der Waals surface area contributed by atoms with Crippen molar-refractivity contribution in [2.45, 2.75) is 102 Å². The Morgan fingerprint density at radius 3 is 2.54 bits per heavy atom.